The van der Waals surface area contributed by atoms with Gasteiger partial charge in [-0.2, -0.15) is 0 Å². The molecule has 0 aromatic heterocycles. The summed E-state index contributed by atoms with van der Waals surface area (Å²) in [6.07, 6.45) is 2.58. The van der Waals surface area contributed by atoms with Crippen LogP contribution in [-0.2, 0) is 9.59 Å². The van der Waals surface area contributed by atoms with E-state index in [0.29, 0.717) is 6.42 Å². The summed E-state index contributed by atoms with van der Waals surface area (Å²) in [7, 11) is 0. The average Bonchev–Trinajstić information content (AvgIpc) is 2.93. The minimum Gasteiger partial charge on any atom is -0.347 e. The number of anilines is 1. The Balaban J connectivity index is 1.81. The maximum Gasteiger partial charge on any atom is 0.243 e. The highest BCUT2D eigenvalue weighted by molar-refractivity contribution is 5.95. The first-order valence-corrected chi connectivity index (χ1v) is 7.83. The monoisotopic (exact) mass is 303 g/mol. The van der Waals surface area contributed by atoms with Crippen molar-refractivity contribution >= 4 is 17.5 Å². The summed E-state index contributed by atoms with van der Waals surface area (Å²) in [6.45, 7) is 6.96. The standard InChI is InChI=1S/C17H25N3O2/c1-11-7-12(2)17(13(3)8-11)20-16(22)10-19-15(21)9-14-5-4-6-18-14/h7-8,14,18H,4-6,9-10H2,1-3H3,(H,19,21)(H,20,22). The Hall–Kier alpha value is -1.88. The number of carbonyl (C=O) groups excluding carboxylic acids is 2. The van der Waals surface area contributed by atoms with Crippen LogP contribution in [0.1, 0.15) is 36.0 Å². The van der Waals surface area contributed by atoms with Gasteiger partial charge < -0.3 is 16.0 Å². The summed E-state index contributed by atoms with van der Waals surface area (Å²) < 4.78 is 0. The molecule has 0 radical (unpaired) electrons. The van der Waals surface area contributed by atoms with Crippen LogP contribution in [0, 0.1) is 20.8 Å². The van der Waals surface area contributed by atoms with Gasteiger partial charge in [0.2, 0.25) is 11.8 Å². The first-order valence-electron chi connectivity index (χ1n) is 7.83. The molecular formula is C17H25N3O2. The van der Waals surface area contributed by atoms with Crippen molar-refractivity contribution in [1.82, 2.24) is 10.6 Å². The zero-order valence-electron chi connectivity index (χ0n) is 13.6. The molecule has 5 nitrogen and oxygen atoms in total. The van der Waals surface area contributed by atoms with Crippen LogP contribution in [0.5, 0.6) is 0 Å². The zero-order chi connectivity index (χ0) is 16.1. The maximum absolute atomic E-state index is 12.0. The lowest BCUT2D eigenvalue weighted by Crippen LogP contribution is -2.36. The molecule has 2 rings (SSSR count). The van der Waals surface area contributed by atoms with Crippen LogP contribution in [0.3, 0.4) is 0 Å². The van der Waals surface area contributed by atoms with E-state index in [1.165, 1.54) is 5.56 Å². The first kappa shape index (κ1) is 16.5. The molecule has 1 aromatic rings. The van der Waals surface area contributed by atoms with Crippen LogP contribution in [-0.4, -0.2) is 30.9 Å². The Bertz CT molecular complexity index is 540. The molecule has 1 saturated heterocycles. The number of amides is 2. The Morgan fingerprint density at radius 3 is 2.45 bits per heavy atom. The molecule has 1 aliphatic rings. The van der Waals surface area contributed by atoms with Crippen LogP contribution in [0.4, 0.5) is 5.69 Å². The van der Waals surface area contributed by atoms with Crippen molar-refractivity contribution < 1.29 is 9.59 Å². The molecule has 120 valence electrons. The van der Waals surface area contributed by atoms with Gasteiger partial charge in [0.05, 0.1) is 6.54 Å². The predicted octanol–water partition coefficient (Wildman–Crippen LogP) is 1.81. The molecule has 5 heteroatoms. The summed E-state index contributed by atoms with van der Waals surface area (Å²) in [5.41, 5.74) is 4.08. The summed E-state index contributed by atoms with van der Waals surface area (Å²) in [5, 5.41) is 8.85. The Morgan fingerprint density at radius 2 is 1.86 bits per heavy atom. The fraction of sp³-hybridized carbons (Fsp3) is 0.529. The molecule has 1 unspecified atom stereocenters. The molecule has 0 aliphatic carbocycles. The normalized spacial score (nSPS) is 17.3. The largest absolute Gasteiger partial charge is 0.347 e. The van der Waals surface area contributed by atoms with Gasteiger partial charge in [0.15, 0.2) is 0 Å². The van der Waals surface area contributed by atoms with E-state index in [-0.39, 0.29) is 24.4 Å². The first-order chi connectivity index (χ1) is 10.5. The highest BCUT2D eigenvalue weighted by atomic mass is 16.2. The molecule has 1 aliphatic heterocycles. The maximum atomic E-state index is 12.0. The number of aryl methyl sites for hydroxylation is 3. The van der Waals surface area contributed by atoms with Gasteiger partial charge in [-0.3, -0.25) is 9.59 Å². The zero-order valence-corrected chi connectivity index (χ0v) is 13.6. The summed E-state index contributed by atoms with van der Waals surface area (Å²) in [5.74, 6) is -0.269. The van der Waals surface area contributed by atoms with E-state index < -0.39 is 0 Å². The van der Waals surface area contributed by atoms with Gasteiger partial charge in [-0.15, -0.1) is 0 Å². The van der Waals surface area contributed by atoms with Gasteiger partial charge in [0, 0.05) is 18.2 Å². The second-order valence-corrected chi connectivity index (χ2v) is 6.10. The van der Waals surface area contributed by atoms with Crippen molar-refractivity contribution in [3.05, 3.63) is 28.8 Å². The minimum atomic E-state index is -0.192. The number of rotatable bonds is 5. The fourth-order valence-corrected chi connectivity index (χ4v) is 2.97. The predicted molar refractivity (Wildman–Crippen MR) is 87.9 cm³/mol. The summed E-state index contributed by atoms with van der Waals surface area (Å²) in [4.78, 5) is 23.8. The third-order valence-electron chi connectivity index (χ3n) is 3.98. The Labute approximate surface area is 131 Å². The average molecular weight is 303 g/mol. The molecule has 1 fully saturated rings. The van der Waals surface area contributed by atoms with E-state index >= 15 is 0 Å². The van der Waals surface area contributed by atoms with Gasteiger partial charge in [-0.1, -0.05) is 17.7 Å². The van der Waals surface area contributed by atoms with E-state index in [1.54, 1.807) is 0 Å². The van der Waals surface area contributed by atoms with Crippen molar-refractivity contribution in [2.75, 3.05) is 18.4 Å². The van der Waals surface area contributed by atoms with Crippen molar-refractivity contribution in [1.29, 1.82) is 0 Å². The topological polar surface area (TPSA) is 70.2 Å². The Morgan fingerprint density at radius 1 is 1.18 bits per heavy atom. The van der Waals surface area contributed by atoms with E-state index in [2.05, 4.69) is 16.0 Å². The van der Waals surface area contributed by atoms with Gasteiger partial charge in [-0.25, -0.2) is 0 Å². The van der Waals surface area contributed by atoms with Gasteiger partial charge in [0.1, 0.15) is 0 Å². The number of carbonyl (C=O) groups is 2. The molecule has 1 heterocycles. The van der Waals surface area contributed by atoms with Crippen molar-refractivity contribution in [3.8, 4) is 0 Å². The molecule has 1 aromatic carbocycles. The molecule has 0 bridgehead atoms. The highest BCUT2D eigenvalue weighted by Crippen LogP contribution is 2.21. The third-order valence-corrected chi connectivity index (χ3v) is 3.98. The lowest BCUT2D eigenvalue weighted by atomic mass is 10.1. The number of hydrogen-bond donors (Lipinski definition) is 3. The van der Waals surface area contributed by atoms with Gasteiger partial charge in [0.25, 0.3) is 0 Å². The molecular weight excluding hydrogens is 278 g/mol. The fourth-order valence-electron chi connectivity index (χ4n) is 2.97. The molecule has 1 atom stereocenters. The van der Waals surface area contributed by atoms with Crippen molar-refractivity contribution in [2.24, 2.45) is 0 Å². The van der Waals surface area contributed by atoms with Crippen molar-refractivity contribution in [3.63, 3.8) is 0 Å². The molecule has 0 saturated carbocycles. The van der Waals surface area contributed by atoms with Crippen LogP contribution in [0.15, 0.2) is 12.1 Å². The highest BCUT2D eigenvalue weighted by Gasteiger charge is 2.18. The lowest BCUT2D eigenvalue weighted by Gasteiger charge is -2.14. The third kappa shape index (κ3) is 4.56. The summed E-state index contributed by atoms with van der Waals surface area (Å²) in [6, 6.07) is 4.32. The van der Waals surface area contributed by atoms with E-state index in [0.717, 1.165) is 36.2 Å². The van der Waals surface area contributed by atoms with E-state index in [4.69, 9.17) is 0 Å². The van der Waals surface area contributed by atoms with Crippen LogP contribution in [0.2, 0.25) is 0 Å². The Kier molecular flexibility index (Phi) is 5.55. The quantitative estimate of drug-likeness (QED) is 0.777. The van der Waals surface area contributed by atoms with Crippen LogP contribution >= 0.6 is 0 Å². The second kappa shape index (κ2) is 7.40. The molecule has 22 heavy (non-hydrogen) atoms. The smallest absolute Gasteiger partial charge is 0.243 e. The van der Waals surface area contributed by atoms with Crippen LogP contribution < -0.4 is 16.0 Å². The number of benzene rings is 1. The summed E-state index contributed by atoms with van der Waals surface area (Å²) >= 11 is 0. The number of hydrogen-bond acceptors (Lipinski definition) is 3. The van der Waals surface area contributed by atoms with Crippen LogP contribution in [0.25, 0.3) is 0 Å². The van der Waals surface area contributed by atoms with Gasteiger partial charge in [-0.05, 0) is 51.3 Å². The minimum absolute atomic E-state index is 0.0122. The van der Waals surface area contributed by atoms with Crippen molar-refractivity contribution in [2.45, 2.75) is 46.1 Å². The molecule has 3 N–H and O–H groups in total. The molecule has 0 spiro atoms. The SMILES string of the molecule is Cc1cc(C)c(NC(=O)CNC(=O)CC2CCCN2)c(C)c1. The van der Waals surface area contributed by atoms with Gasteiger partial charge >= 0.3 is 0 Å². The van der Waals surface area contributed by atoms with E-state index in [1.807, 2.05) is 32.9 Å². The van der Waals surface area contributed by atoms with E-state index in [9.17, 15) is 9.59 Å². The lowest BCUT2D eigenvalue weighted by molar-refractivity contribution is -0.124. The second-order valence-electron chi connectivity index (χ2n) is 6.10. The molecule has 2 amide bonds. The number of nitrogens with one attached hydrogen (secondary N) is 3.